The zero-order valence-corrected chi connectivity index (χ0v) is 12.5. The largest absolute Gasteiger partial charge is 0.340 e. The summed E-state index contributed by atoms with van der Waals surface area (Å²) in [5.41, 5.74) is 7.25. The Morgan fingerprint density at radius 3 is 2.71 bits per heavy atom. The van der Waals surface area contributed by atoms with Crippen molar-refractivity contribution in [1.82, 2.24) is 10.2 Å². The van der Waals surface area contributed by atoms with Crippen LogP contribution in [0.25, 0.3) is 0 Å². The first kappa shape index (κ1) is 14.5. The average molecular weight is 287 g/mol. The van der Waals surface area contributed by atoms with E-state index in [0.29, 0.717) is 18.4 Å². The number of carbonyl (C=O) groups excluding carboxylic acids is 1. The summed E-state index contributed by atoms with van der Waals surface area (Å²) in [5.74, 6) is 1.02. The Kier molecular flexibility index (Phi) is 4.56. The number of benzene rings is 1. The predicted octanol–water partition coefficient (Wildman–Crippen LogP) is 1.33. The maximum absolute atomic E-state index is 12.7. The first-order valence-corrected chi connectivity index (χ1v) is 8.07. The third kappa shape index (κ3) is 3.11. The summed E-state index contributed by atoms with van der Waals surface area (Å²) in [6.45, 7) is 3.21. The minimum Gasteiger partial charge on any atom is -0.340 e. The minimum atomic E-state index is 0.0201. The maximum Gasteiger partial charge on any atom is 0.239 e. The Morgan fingerprint density at radius 1 is 1.24 bits per heavy atom. The molecule has 1 amide bonds. The molecule has 0 spiro atoms. The average Bonchev–Trinajstić information content (AvgIpc) is 3.00. The molecular weight excluding hydrogens is 262 g/mol. The van der Waals surface area contributed by atoms with Crippen molar-refractivity contribution in [3.63, 3.8) is 0 Å². The van der Waals surface area contributed by atoms with Gasteiger partial charge in [-0.05, 0) is 37.4 Å². The zero-order chi connectivity index (χ0) is 14.7. The quantitative estimate of drug-likeness (QED) is 0.882. The van der Waals surface area contributed by atoms with Gasteiger partial charge >= 0.3 is 0 Å². The Bertz CT molecular complexity index is 470. The van der Waals surface area contributed by atoms with Crippen molar-refractivity contribution in [2.75, 3.05) is 26.2 Å². The number of carbonyl (C=O) groups is 1. The normalized spacial score (nSPS) is 29.6. The molecule has 2 fully saturated rings. The molecule has 0 bridgehead atoms. The number of nitrogens with two attached hydrogens (primary N) is 1. The van der Waals surface area contributed by atoms with Crippen LogP contribution in [0.3, 0.4) is 0 Å². The molecule has 0 unspecified atom stereocenters. The van der Waals surface area contributed by atoms with Gasteiger partial charge in [0.15, 0.2) is 0 Å². The van der Waals surface area contributed by atoms with Gasteiger partial charge in [-0.1, -0.05) is 36.8 Å². The van der Waals surface area contributed by atoms with Crippen LogP contribution in [0.15, 0.2) is 30.3 Å². The van der Waals surface area contributed by atoms with Gasteiger partial charge in [0.1, 0.15) is 0 Å². The van der Waals surface area contributed by atoms with E-state index in [-0.39, 0.29) is 11.9 Å². The Hall–Kier alpha value is -1.39. The fourth-order valence-electron chi connectivity index (χ4n) is 3.65. The smallest absolute Gasteiger partial charge is 0.239 e. The molecule has 1 aromatic carbocycles. The number of likely N-dealkylation sites (tertiary alicyclic amines) is 1. The van der Waals surface area contributed by atoms with Crippen LogP contribution >= 0.6 is 0 Å². The predicted molar refractivity (Wildman–Crippen MR) is 83.9 cm³/mol. The second-order valence-electron chi connectivity index (χ2n) is 6.26. The molecule has 3 atom stereocenters. The van der Waals surface area contributed by atoms with Gasteiger partial charge in [0, 0.05) is 19.0 Å². The molecule has 4 heteroatoms. The Balaban J connectivity index is 1.70. The standard InChI is InChI=1S/C17H25N3O/c18-10-14-11-20(17(21)16-8-4-5-9-19-16)12-15(14)13-6-2-1-3-7-13/h1-3,6-7,14-16,19H,4-5,8-12,18H2/t14-,15+,16+/m1/s1. The fourth-order valence-corrected chi connectivity index (χ4v) is 3.65. The number of piperidine rings is 1. The first-order valence-electron chi connectivity index (χ1n) is 8.07. The summed E-state index contributed by atoms with van der Waals surface area (Å²) in [7, 11) is 0. The van der Waals surface area contributed by atoms with Gasteiger partial charge in [0.2, 0.25) is 5.91 Å². The van der Waals surface area contributed by atoms with Gasteiger partial charge in [-0.3, -0.25) is 4.79 Å². The summed E-state index contributed by atoms with van der Waals surface area (Å²) >= 11 is 0. The van der Waals surface area contributed by atoms with Gasteiger partial charge in [-0.2, -0.15) is 0 Å². The number of amides is 1. The lowest BCUT2D eigenvalue weighted by atomic mass is 9.89. The highest BCUT2D eigenvalue weighted by molar-refractivity contribution is 5.82. The highest BCUT2D eigenvalue weighted by Gasteiger charge is 2.37. The molecule has 0 saturated carbocycles. The van der Waals surface area contributed by atoms with E-state index in [4.69, 9.17) is 5.73 Å². The molecule has 2 heterocycles. The highest BCUT2D eigenvalue weighted by atomic mass is 16.2. The molecule has 21 heavy (non-hydrogen) atoms. The van der Waals surface area contributed by atoms with Crippen LogP contribution in [0, 0.1) is 5.92 Å². The topological polar surface area (TPSA) is 58.4 Å². The lowest BCUT2D eigenvalue weighted by Gasteiger charge is -2.27. The van der Waals surface area contributed by atoms with E-state index in [0.717, 1.165) is 32.5 Å². The highest BCUT2D eigenvalue weighted by Crippen LogP contribution is 2.32. The summed E-state index contributed by atoms with van der Waals surface area (Å²) in [6, 6.07) is 10.5. The van der Waals surface area contributed by atoms with E-state index in [1.54, 1.807) is 0 Å². The number of hydrogen-bond acceptors (Lipinski definition) is 3. The number of hydrogen-bond donors (Lipinski definition) is 2. The molecule has 1 aromatic rings. The molecular formula is C17H25N3O. The second-order valence-corrected chi connectivity index (χ2v) is 6.26. The van der Waals surface area contributed by atoms with Crippen molar-refractivity contribution in [1.29, 1.82) is 0 Å². The van der Waals surface area contributed by atoms with Crippen LogP contribution in [0.1, 0.15) is 30.7 Å². The molecule has 4 nitrogen and oxygen atoms in total. The van der Waals surface area contributed by atoms with Crippen LogP contribution in [0.2, 0.25) is 0 Å². The molecule has 0 aromatic heterocycles. The summed E-state index contributed by atoms with van der Waals surface area (Å²) in [5, 5.41) is 3.36. The van der Waals surface area contributed by atoms with E-state index in [2.05, 4.69) is 29.6 Å². The first-order chi connectivity index (χ1) is 10.3. The van der Waals surface area contributed by atoms with E-state index >= 15 is 0 Å². The van der Waals surface area contributed by atoms with Crippen molar-refractivity contribution < 1.29 is 4.79 Å². The van der Waals surface area contributed by atoms with E-state index in [1.807, 2.05) is 11.0 Å². The van der Waals surface area contributed by atoms with Crippen molar-refractivity contribution in [3.8, 4) is 0 Å². The summed E-state index contributed by atoms with van der Waals surface area (Å²) in [6.07, 6.45) is 3.31. The summed E-state index contributed by atoms with van der Waals surface area (Å²) < 4.78 is 0. The lowest BCUT2D eigenvalue weighted by Crippen LogP contribution is -2.48. The van der Waals surface area contributed by atoms with Crippen molar-refractivity contribution in [2.24, 2.45) is 11.7 Å². The van der Waals surface area contributed by atoms with E-state index in [9.17, 15) is 4.79 Å². The third-order valence-electron chi connectivity index (χ3n) is 4.89. The van der Waals surface area contributed by atoms with E-state index in [1.165, 1.54) is 12.0 Å². The summed E-state index contributed by atoms with van der Waals surface area (Å²) in [4.78, 5) is 14.7. The van der Waals surface area contributed by atoms with Crippen molar-refractivity contribution in [2.45, 2.75) is 31.2 Å². The maximum atomic E-state index is 12.7. The van der Waals surface area contributed by atoms with Crippen LogP contribution in [-0.4, -0.2) is 43.0 Å². The number of rotatable bonds is 3. The molecule has 3 rings (SSSR count). The molecule has 2 aliphatic rings. The van der Waals surface area contributed by atoms with Crippen molar-refractivity contribution in [3.05, 3.63) is 35.9 Å². The van der Waals surface area contributed by atoms with E-state index < -0.39 is 0 Å². The number of nitrogens with zero attached hydrogens (tertiary/aromatic N) is 1. The van der Waals surface area contributed by atoms with Crippen LogP contribution in [0.4, 0.5) is 0 Å². The number of nitrogens with one attached hydrogen (secondary N) is 1. The third-order valence-corrected chi connectivity index (χ3v) is 4.89. The zero-order valence-electron chi connectivity index (χ0n) is 12.5. The molecule has 2 aliphatic heterocycles. The Morgan fingerprint density at radius 2 is 2.05 bits per heavy atom. The van der Waals surface area contributed by atoms with Gasteiger partial charge in [0.05, 0.1) is 6.04 Å². The van der Waals surface area contributed by atoms with Crippen molar-refractivity contribution >= 4 is 5.91 Å². The SMILES string of the molecule is NC[C@@H]1CN(C(=O)[C@@H]2CCCCN2)C[C@H]1c1ccccc1. The van der Waals surface area contributed by atoms with Gasteiger partial charge in [-0.25, -0.2) is 0 Å². The fraction of sp³-hybridized carbons (Fsp3) is 0.588. The molecule has 114 valence electrons. The minimum absolute atomic E-state index is 0.0201. The second kappa shape index (κ2) is 6.58. The Labute approximate surface area is 126 Å². The van der Waals surface area contributed by atoms with Crippen LogP contribution in [-0.2, 0) is 4.79 Å². The lowest BCUT2D eigenvalue weighted by molar-refractivity contribution is -0.133. The van der Waals surface area contributed by atoms with Crippen LogP contribution in [0.5, 0.6) is 0 Å². The van der Waals surface area contributed by atoms with Gasteiger partial charge in [-0.15, -0.1) is 0 Å². The van der Waals surface area contributed by atoms with Gasteiger partial charge in [0.25, 0.3) is 0 Å². The van der Waals surface area contributed by atoms with Gasteiger partial charge < -0.3 is 16.0 Å². The molecule has 3 N–H and O–H groups in total. The monoisotopic (exact) mass is 287 g/mol. The molecule has 0 radical (unpaired) electrons. The van der Waals surface area contributed by atoms with Crippen LogP contribution < -0.4 is 11.1 Å². The molecule has 2 saturated heterocycles. The molecule has 0 aliphatic carbocycles.